The van der Waals surface area contributed by atoms with Crippen LogP contribution in [0.25, 0.3) is 0 Å². The lowest BCUT2D eigenvalue weighted by atomic mass is 9.95. The van der Waals surface area contributed by atoms with Gasteiger partial charge in [-0.25, -0.2) is 4.98 Å². The summed E-state index contributed by atoms with van der Waals surface area (Å²) in [6.45, 7) is 11.3. The summed E-state index contributed by atoms with van der Waals surface area (Å²) in [7, 11) is 0. The summed E-state index contributed by atoms with van der Waals surface area (Å²) in [5.41, 5.74) is 2.85. The lowest BCUT2D eigenvalue weighted by molar-refractivity contribution is 0.241. The minimum atomic E-state index is -0.145. The van der Waals surface area contributed by atoms with Gasteiger partial charge in [0.05, 0.1) is 17.9 Å². The minimum absolute atomic E-state index is 0.00585. The fraction of sp³-hybridized carbons (Fsp3) is 0.500. The van der Waals surface area contributed by atoms with Gasteiger partial charge in [0, 0.05) is 31.5 Å². The Balaban J connectivity index is 1.74. The fourth-order valence-electron chi connectivity index (χ4n) is 3.09. The molecule has 1 N–H and O–H groups in total. The van der Waals surface area contributed by atoms with Gasteiger partial charge in [-0.3, -0.25) is 9.69 Å². The molecule has 5 heteroatoms. The molecule has 0 spiro atoms. The van der Waals surface area contributed by atoms with Gasteiger partial charge in [0.15, 0.2) is 0 Å². The number of nitrogens with one attached hydrogen (secondary N) is 1. The lowest BCUT2D eigenvalue weighted by Gasteiger charge is -2.29. The Morgan fingerprint density at radius 3 is 2.60 bits per heavy atom. The molecule has 25 heavy (non-hydrogen) atoms. The molecule has 5 nitrogen and oxygen atoms in total. The molecule has 0 atom stereocenters. The van der Waals surface area contributed by atoms with Crippen LogP contribution in [0.2, 0.25) is 0 Å². The Morgan fingerprint density at radius 1 is 1.24 bits per heavy atom. The van der Waals surface area contributed by atoms with E-state index in [0.717, 1.165) is 42.3 Å². The van der Waals surface area contributed by atoms with E-state index in [1.807, 2.05) is 19.1 Å². The van der Waals surface area contributed by atoms with E-state index in [1.54, 1.807) is 0 Å². The maximum Gasteiger partial charge on any atom is 0.255 e. The van der Waals surface area contributed by atoms with Crippen molar-refractivity contribution in [3.8, 4) is 5.75 Å². The van der Waals surface area contributed by atoms with Gasteiger partial charge in [0.2, 0.25) is 0 Å². The number of nitrogens with zero attached hydrogens (tertiary/aromatic N) is 2. The number of hydrogen-bond donors (Lipinski definition) is 1. The van der Waals surface area contributed by atoms with Crippen LogP contribution >= 0.6 is 0 Å². The van der Waals surface area contributed by atoms with Crippen molar-refractivity contribution in [1.29, 1.82) is 0 Å². The molecule has 0 radical (unpaired) electrons. The maximum atomic E-state index is 12.5. The van der Waals surface area contributed by atoms with Gasteiger partial charge in [0.25, 0.3) is 5.56 Å². The number of hydrogen-bond acceptors (Lipinski definition) is 4. The van der Waals surface area contributed by atoms with E-state index in [1.165, 1.54) is 5.56 Å². The first-order valence-corrected chi connectivity index (χ1v) is 8.93. The quantitative estimate of drug-likeness (QED) is 0.929. The van der Waals surface area contributed by atoms with Gasteiger partial charge in [-0.15, -0.1) is 0 Å². The summed E-state index contributed by atoms with van der Waals surface area (Å²) in [4.78, 5) is 22.5. The Morgan fingerprint density at radius 2 is 1.96 bits per heavy atom. The standard InChI is InChI=1S/C20H27N3O2/c1-5-25-15-8-6-14(7-9-15)12-23-11-10-17-16(13-23)18(24)22-19(21-17)20(2,3)4/h6-9H,5,10-13H2,1-4H3,(H,21,22,24). The van der Waals surface area contributed by atoms with Crippen LogP contribution in [0.3, 0.4) is 0 Å². The normalized spacial score (nSPS) is 15.0. The molecule has 0 amide bonds. The Labute approximate surface area is 149 Å². The second-order valence-corrected chi connectivity index (χ2v) is 7.63. The average molecular weight is 341 g/mol. The van der Waals surface area contributed by atoms with Crippen LogP contribution in [0.1, 0.15) is 50.3 Å². The first-order valence-electron chi connectivity index (χ1n) is 8.93. The average Bonchev–Trinajstić information content (AvgIpc) is 2.56. The van der Waals surface area contributed by atoms with Crippen molar-refractivity contribution in [2.24, 2.45) is 0 Å². The Kier molecular flexibility index (Phi) is 4.95. The second-order valence-electron chi connectivity index (χ2n) is 7.63. The summed E-state index contributed by atoms with van der Waals surface area (Å²) in [6.07, 6.45) is 0.819. The zero-order valence-electron chi connectivity index (χ0n) is 15.6. The molecule has 0 bridgehead atoms. The highest BCUT2D eigenvalue weighted by molar-refractivity contribution is 5.28. The van der Waals surface area contributed by atoms with Crippen molar-refractivity contribution in [1.82, 2.24) is 14.9 Å². The fourth-order valence-corrected chi connectivity index (χ4v) is 3.09. The molecule has 0 unspecified atom stereocenters. The minimum Gasteiger partial charge on any atom is -0.494 e. The van der Waals surface area contributed by atoms with Crippen molar-refractivity contribution >= 4 is 0 Å². The zero-order chi connectivity index (χ0) is 18.0. The van der Waals surface area contributed by atoms with Crippen molar-refractivity contribution in [3.63, 3.8) is 0 Å². The van der Waals surface area contributed by atoms with Crippen LogP contribution in [0.15, 0.2) is 29.1 Å². The molecule has 1 aliphatic heterocycles. The monoisotopic (exact) mass is 341 g/mol. The predicted octanol–water partition coefficient (Wildman–Crippen LogP) is 3.02. The molecule has 0 saturated heterocycles. The highest BCUT2D eigenvalue weighted by Crippen LogP contribution is 2.22. The highest BCUT2D eigenvalue weighted by atomic mass is 16.5. The van der Waals surface area contributed by atoms with E-state index in [9.17, 15) is 4.79 Å². The van der Waals surface area contributed by atoms with E-state index in [2.05, 4.69) is 42.8 Å². The number of aromatic nitrogens is 2. The second kappa shape index (κ2) is 7.00. The van der Waals surface area contributed by atoms with Crippen LogP contribution in [0, 0.1) is 0 Å². The van der Waals surface area contributed by atoms with Gasteiger partial charge < -0.3 is 9.72 Å². The van der Waals surface area contributed by atoms with Crippen molar-refractivity contribution in [2.45, 2.75) is 52.6 Å². The zero-order valence-corrected chi connectivity index (χ0v) is 15.6. The molecular weight excluding hydrogens is 314 g/mol. The third-order valence-electron chi connectivity index (χ3n) is 4.50. The van der Waals surface area contributed by atoms with Crippen LogP contribution in [0.5, 0.6) is 5.75 Å². The summed E-state index contributed by atoms with van der Waals surface area (Å²) in [5.74, 6) is 1.67. The van der Waals surface area contributed by atoms with Gasteiger partial charge in [0.1, 0.15) is 11.6 Å². The first kappa shape index (κ1) is 17.7. The smallest absolute Gasteiger partial charge is 0.255 e. The number of benzene rings is 1. The van der Waals surface area contributed by atoms with Crippen LogP contribution in [0.4, 0.5) is 0 Å². The number of rotatable bonds is 4. The molecule has 1 aromatic carbocycles. The van der Waals surface area contributed by atoms with Crippen molar-refractivity contribution in [2.75, 3.05) is 13.2 Å². The topological polar surface area (TPSA) is 58.2 Å². The molecule has 0 aliphatic carbocycles. The Hall–Kier alpha value is -2.14. The molecule has 3 rings (SSSR count). The van der Waals surface area contributed by atoms with E-state index in [0.29, 0.717) is 13.2 Å². The SMILES string of the molecule is CCOc1ccc(CN2CCc3nc(C(C)(C)C)[nH]c(=O)c3C2)cc1. The lowest BCUT2D eigenvalue weighted by Crippen LogP contribution is -2.37. The number of fused-ring (bicyclic) bond motifs is 1. The van der Waals surface area contributed by atoms with E-state index in [-0.39, 0.29) is 11.0 Å². The van der Waals surface area contributed by atoms with Gasteiger partial charge in [-0.1, -0.05) is 32.9 Å². The summed E-state index contributed by atoms with van der Waals surface area (Å²) in [5, 5.41) is 0. The number of H-pyrrole nitrogens is 1. The highest BCUT2D eigenvalue weighted by Gasteiger charge is 2.24. The van der Waals surface area contributed by atoms with Gasteiger partial charge >= 0.3 is 0 Å². The number of aromatic amines is 1. The van der Waals surface area contributed by atoms with Crippen molar-refractivity contribution in [3.05, 3.63) is 57.3 Å². The van der Waals surface area contributed by atoms with E-state index >= 15 is 0 Å². The third kappa shape index (κ3) is 4.10. The van der Waals surface area contributed by atoms with Crippen LogP contribution in [-0.4, -0.2) is 28.0 Å². The molecule has 0 saturated carbocycles. The largest absolute Gasteiger partial charge is 0.494 e. The Bertz CT molecular complexity index is 788. The van der Waals surface area contributed by atoms with Gasteiger partial charge in [-0.2, -0.15) is 0 Å². The maximum absolute atomic E-state index is 12.5. The molecule has 1 aliphatic rings. The van der Waals surface area contributed by atoms with E-state index in [4.69, 9.17) is 9.72 Å². The molecule has 1 aromatic heterocycles. The number of ether oxygens (including phenoxy) is 1. The summed E-state index contributed by atoms with van der Waals surface area (Å²) >= 11 is 0. The molecular formula is C20H27N3O2. The molecule has 2 aromatic rings. The predicted molar refractivity (Wildman–Crippen MR) is 99.0 cm³/mol. The third-order valence-corrected chi connectivity index (χ3v) is 4.50. The molecule has 134 valence electrons. The van der Waals surface area contributed by atoms with Crippen LogP contribution < -0.4 is 10.3 Å². The summed E-state index contributed by atoms with van der Waals surface area (Å²) < 4.78 is 5.48. The van der Waals surface area contributed by atoms with Crippen molar-refractivity contribution < 1.29 is 4.74 Å². The van der Waals surface area contributed by atoms with Gasteiger partial charge in [-0.05, 0) is 24.6 Å². The summed E-state index contributed by atoms with van der Waals surface area (Å²) in [6, 6.07) is 8.18. The van der Waals surface area contributed by atoms with Crippen LogP contribution in [-0.2, 0) is 24.9 Å². The first-order chi connectivity index (χ1) is 11.9. The molecule has 0 fully saturated rings. The van der Waals surface area contributed by atoms with E-state index < -0.39 is 0 Å². The molecule has 2 heterocycles.